The van der Waals surface area contributed by atoms with Crippen LogP contribution < -0.4 is 0 Å². The van der Waals surface area contributed by atoms with E-state index in [1.807, 2.05) is 4.90 Å². The van der Waals surface area contributed by atoms with Crippen molar-refractivity contribution < 1.29 is 14.7 Å². The van der Waals surface area contributed by atoms with E-state index in [1.165, 1.54) is 0 Å². The molecule has 0 aromatic heterocycles. The van der Waals surface area contributed by atoms with Gasteiger partial charge in [0.05, 0.1) is 0 Å². The molecule has 1 aliphatic heterocycles. The molecule has 1 rings (SSSR count). The number of carbonyl (C=O) groups excluding carboxylic acids is 1. The van der Waals surface area contributed by atoms with Crippen LogP contribution in [-0.4, -0.2) is 35.0 Å². The van der Waals surface area contributed by atoms with Gasteiger partial charge in [0.25, 0.3) is 0 Å². The van der Waals surface area contributed by atoms with Crippen LogP contribution in [0.5, 0.6) is 0 Å². The topological polar surface area (TPSA) is 57.6 Å². The first-order chi connectivity index (χ1) is 7.91. The van der Waals surface area contributed by atoms with Gasteiger partial charge in [0, 0.05) is 25.9 Å². The molecule has 0 bridgehead atoms. The summed E-state index contributed by atoms with van der Waals surface area (Å²) in [6.07, 6.45) is 4.07. The highest BCUT2D eigenvalue weighted by Crippen LogP contribution is 2.29. The number of amides is 1. The molecule has 1 amide bonds. The predicted octanol–water partition coefficient (Wildman–Crippen LogP) is 2.28. The molecule has 1 heterocycles. The van der Waals surface area contributed by atoms with Gasteiger partial charge in [-0.2, -0.15) is 0 Å². The highest BCUT2D eigenvalue weighted by molar-refractivity contribution is 5.76. The number of aliphatic carboxylic acids is 1. The van der Waals surface area contributed by atoms with E-state index in [1.54, 1.807) is 0 Å². The lowest BCUT2D eigenvalue weighted by atomic mass is 9.82. The van der Waals surface area contributed by atoms with E-state index in [2.05, 4.69) is 13.8 Å². The van der Waals surface area contributed by atoms with Crippen molar-refractivity contribution in [2.24, 2.45) is 5.41 Å². The molecular weight excluding hydrogens is 218 g/mol. The SMILES string of the molecule is CC1(C)CCN(C(=O)CCCCC(=O)O)CC1. The molecule has 1 N–H and O–H groups in total. The first-order valence-electron chi connectivity index (χ1n) is 6.40. The summed E-state index contributed by atoms with van der Waals surface area (Å²) in [5.74, 6) is -0.594. The van der Waals surface area contributed by atoms with Gasteiger partial charge in [0.1, 0.15) is 0 Å². The number of carboxylic acid groups (broad SMARTS) is 1. The van der Waals surface area contributed by atoms with Gasteiger partial charge in [-0.25, -0.2) is 0 Å². The zero-order valence-corrected chi connectivity index (χ0v) is 10.9. The van der Waals surface area contributed by atoms with Crippen LogP contribution in [0.3, 0.4) is 0 Å². The largest absolute Gasteiger partial charge is 0.481 e. The molecule has 0 spiro atoms. The monoisotopic (exact) mass is 241 g/mol. The van der Waals surface area contributed by atoms with Gasteiger partial charge < -0.3 is 10.0 Å². The van der Waals surface area contributed by atoms with Gasteiger partial charge in [0.2, 0.25) is 5.91 Å². The molecule has 4 nitrogen and oxygen atoms in total. The maximum absolute atomic E-state index is 11.8. The minimum atomic E-state index is -0.780. The van der Waals surface area contributed by atoms with Crippen LogP contribution >= 0.6 is 0 Å². The molecule has 0 aliphatic carbocycles. The highest BCUT2D eigenvalue weighted by atomic mass is 16.4. The van der Waals surface area contributed by atoms with Crippen molar-refractivity contribution in [2.45, 2.75) is 52.4 Å². The minimum absolute atomic E-state index is 0.167. The summed E-state index contributed by atoms with van der Waals surface area (Å²) in [6, 6.07) is 0. The molecule has 1 aliphatic rings. The molecule has 0 aromatic rings. The fourth-order valence-electron chi connectivity index (χ4n) is 2.07. The first-order valence-corrected chi connectivity index (χ1v) is 6.40. The van der Waals surface area contributed by atoms with Gasteiger partial charge in [-0.05, 0) is 31.1 Å². The Hall–Kier alpha value is -1.06. The van der Waals surface area contributed by atoms with Crippen molar-refractivity contribution in [3.05, 3.63) is 0 Å². The number of nitrogens with zero attached hydrogens (tertiary/aromatic N) is 1. The van der Waals surface area contributed by atoms with Crippen molar-refractivity contribution in [3.8, 4) is 0 Å². The van der Waals surface area contributed by atoms with Crippen molar-refractivity contribution in [3.63, 3.8) is 0 Å². The number of hydrogen-bond donors (Lipinski definition) is 1. The van der Waals surface area contributed by atoms with Gasteiger partial charge in [-0.15, -0.1) is 0 Å². The van der Waals surface area contributed by atoms with E-state index in [0.29, 0.717) is 24.7 Å². The third-order valence-corrected chi connectivity index (χ3v) is 3.50. The Balaban J connectivity index is 2.18. The van der Waals surface area contributed by atoms with Gasteiger partial charge >= 0.3 is 5.97 Å². The highest BCUT2D eigenvalue weighted by Gasteiger charge is 2.27. The quantitative estimate of drug-likeness (QED) is 0.751. The molecular formula is C13H23NO3. The fourth-order valence-corrected chi connectivity index (χ4v) is 2.07. The average Bonchev–Trinajstić information content (AvgIpc) is 2.23. The molecule has 0 radical (unpaired) electrons. The summed E-state index contributed by atoms with van der Waals surface area (Å²) in [6.45, 7) is 6.18. The molecule has 17 heavy (non-hydrogen) atoms. The summed E-state index contributed by atoms with van der Waals surface area (Å²) in [5.41, 5.74) is 0.361. The van der Waals surface area contributed by atoms with E-state index >= 15 is 0 Å². The normalized spacial score (nSPS) is 19.1. The van der Waals surface area contributed by atoms with E-state index in [4.69, 9.17) is 5.11 Å². The second-order valence-corrected chi connectivity index (χ2v) is 5.65. The standard InChI is InChI=1S/C13H23NO3/c1-13(2)7-9-14(10-8-13)11(15)5-3-4-6-12(16)17/h3-10H2,1-2H3,(H,16,17). The second kappa shape index (κ2) is 6.03. The van der Waals surface area contributed by atoms with Crippen LogP contribution in [0.2, 0.25) is 0 Å². The van der Waals surface area contributed by atoms with Crippen LogP contribution in [0.25, 0.3) is 0 Å². The van der Waals surface area contributed by atoms with Gasteiger partial charge in [-0.3, -0.25) is 9.59 Å². The summed E-state index contributed by atoms with van der Waals surface area (Å²) in [7, 11) is 0. The van der Waals surface area contributed by atoms with E-state index in [0.717, 1.165) is 25.9 Å². The lowest BCUT2D eigenvalue weighted by molar-refractivity contribution is -0.138. The number of unbranched alkanes of at least 4 members (excludes halogenated alkanes) is 1. The summed E-state index contributed by atoms with van der Waals surface area (Å²) >= 11 is 0. The van der Waals surface area contributed by atoms with Crippen LogP contribution in [0, 0.1) is 5.41 Å². The number of carboxylic acids is 1. The lowest BCUT2D eigenvalue weighted by Crippen LogP contribution is -2.41. The van der Waals surface area contributed by atoms with Crippen molar-refractivity contribution in [1.29, 1.82) is 0 Å². The maximum Gasteiger partial charge on any atom is 0.303 e. The van der Waals surface area contributed by atoms with Gasteiger partial charge in [-0.1, -0.05) is 13.8 Å². The molecule has 0 aromatic carbocycles. The number of rotatable bonds is 5. The summed E-state index contributed by atoms with van der Waals surface area (Å²) in [5, 5.41) is 8.49. The molecule has 0 saturated carbocycles. The predicted molar refractivity (Wildman–Crippen MR) is 65.7 cm³/mol. The second-order valence-electron chi connectivity index (χ2n) is 5.65. The van der Waals surface area contributed by atoms with Crippen molar-refractivity contribution in [2.75, 3.05) is 13.1 Å². The third kappa shape index (κ3) is 5.20. The zero-order chi connectivity index (χ0) is 12.9. The first kappa shape index (κ1) is 14.0. The number of piperidine rings is 1. The smallest absolute Gasteiger partial charge is 0.303 e. The molecule has 1 saturated heterocycles. The van der Waals surface area contributed by atoms with E-state index in [9.17, 15) is 9.59 Å². The number of likely N-dealkylation sites (tertiary alicyclic amines) is 1. The molecule has 98 valence electrons. The third-order valence-electron chi connectivity index (χ3n) is 3.50. The molecule has 4 heteroatoms. The Kier molecular flexibility index (Phi) is 4.97. The average molecular weight is 241 g/mol. The van der Waals surface area contributed by atoms with E-state index < -0.39 is 5.97 Å². The molecule has 0 unspecified atom stereocenters. The Morgan fingerprint density at radius 3 is 2.18 bits per heavy atom. The zero-order valence-electron chi connectivity index (χ0n) is 10.9. The van der Waals surface area contributed by atoms with Crippen LogP contribution in [0.1, 0.15) is 52.4 Å². The summed E-state index contributed by atoms with van der Waals surface area (Å²) in [4.78, 5) is 24.1. The summed E-state index contributed by atoms with van der Waals surface area (Å²) < 4.78 is 0. The Labute approximate surface area is 103 Å². The fraction of sp³-hybridized carbons (Fsp3) is 0.846. The number of carbonyl (C=O) groups is 2. The Morgan fingerprint density at radius 2 is 1.65 bits per heavy atom. The van der Waals surface area contributed by atoms with E-state index in [-0.39, 0.29) is 12.3 Å². The molecule has 1 fully saturated rings. The van der Waals surface area contributed by atoms with Gasteiger partial charge in [0.15, 0.2) is 0 Å². The van der Waals surface area contributed by atoms with Crippen LogP contribution in [0.15, 0.2) is 0 Å². The van der Waals surface area contributed by atoms with Crippen LogP contribution in [0.4, 0.5) is 0 Å². The minimum Gasteiger partial charge on any atom is -0.481 e. The lowest BCUT2D eigenvalue weighted by Gasteiger charge is -2.37. The van der Waals surface area contributed by atoms with Crippen LogP contribution in [-0.2, 0) is 9.59 Å². The van der Waals surface area contributed by atoms with Crippen molar-refractivity contribution >= 4 is 11.9 Å². The maximum atomic E-state index is 11.8. The Bertz CT molecular complexity index is 276. The van der Waals surface area contributed by atoms with Crippen molar-refractivity contribution in [1.82, 2.24) is 4.90 Å². The number of hydrogen-bond acceptors (Lipinski definition) is 2. The Morgan fingerprint density at radius 1 is 1.12 bits per heavy atom. The molecule has 0 atom stereocenters.